The summed E-state index contributed by atoms with van der Waals surface area (Å²) in [6.07, 6.45) is 0.866. The Morgan fingerprint density at radius 3 is 2.64 bits per heavy atom. The van der Waals surface area contributed by atoms with Crippen LogP contribution in [0.1, 0.15) is 30.3 Å². The van der Waals surface area contributed by atoms with Crippen LogP contribution in [0.3, 0.4) is 0 Å². The summed E-state index contributed by atoms with van der Waals surface area (Å²) in [7, 11) is 0. The lowest BCUT2D eigenvalue weighted by atomic mass is 10.1. The predicted octanol–water partition coefficient (Wildman–Crippen LogP) is 3.02. The molecule has 0 spiro atoms. The topological polar surface area (TPSA) is 75.7 Å². The molecule has 3 aromatic heterocycles. The summed E-state index contributed by atoms with van der Waals surface area (Å²) < 4.78 is 4.27. The van der Waals surface area contributed by atoms with Gasteiger partial charge in [0.15, 0.2) is 0 Å². The highest BCUT2D eigenvalue weighted by Crippen LogP contribution is 2.23. The minimum absolute atomic E-state index is 0.0354. The number of amides is 1. The molecule has 0 radical (unpaired) electrons. The number of nitrogens with zero attached hydrogens (tertiary/aromatic N) is 6. The average Bonchev–Trinajstić information content (AvgIpc) is 3.47. The lowest BCUT2D eigenvalue weighted by Gasteiger charge is -2.37. The van der Waals surface area contributed by atoms with Crippen molar-refractivity contribution in [2.24, 2.45) is 0 Å². The molecule has 4 aromatic rings. The monoisotopic (exact) mass is 464 g/mol. The van der Waals surface area contributed by atoms with Gasteiger partial charge in [-0.15, -0.1) is 21.5 Å². The van der Waals surface area contributed by atoms with E-state index in [-0.39, 0.29) is 11.5 Å². The summed E-state index contributed by atoms with van der Waals surface area (Å²) in [6.45, 7) is 9.81. The maximum Gasteiger partial charge on any atom is 0.272 e. The molecule has 9 heteroatoms. The van der Waals surface area contributed by atoms with Gasteiger partial charge in [0.2, 0.25) is 11.7 Å². The van der Waals surface area contributed by atoms with Crippen molar-refractivity contribution >= 4 is 38.9 Å². The van der Waals surface area contributed by atoms with Gasteiger partial charge < -0.3 is 9.80 Å². The second-order valence-corrected chi connectivity index (χ2v) is 9.51. The van der Waals surface area contributed by atoms with Gasteiger partial charge in [-0.2, -0.15) is 0 Å². The number of aryl methyl sites for hydroxylation is 4. The number of hydrogen-bond acceptors (Lipinski definition) is 6. The summed E-state index contributed by atoms with van der Waals surface area (Å²) in [6, 6.07) is 8.45. The molecule has 1 aromatic carbocycles. The molecular formula is C24H28N6O2S. The van der Waals surface area contributed by atoms with Gasteiger partial charge in [0.25, 0.3) is 5.56 Å². The van der Waals surface area contributed by atoms with Gasteiger partial charge in [0.05, 0.1) is 5.52 Å². The normalized spacial score (nSPS) is 14.5. The molecule has 0 aliphatic carbocycles. The summed E-state index contributed by atoms with van der Waals surface area (Å²) in [5, 5.41) is 10.5. The fourth-order valence-electron chi connectivity index (χ4n) is 4.66. The van der Waals surface area contributed by atoms with Gasteiger partial charge in [-0.3, -0.25) is 18.6 Å². The van der Waals surface area contributed by atoms with E-state index in [2.05, 4.69) is 47.1 Å². The van der Waals surface area contributed by atoms with Crippen molar-refractivity contribution in [1.29, 1.82) is 0 Å². The van der Waals surface area contributed by atoms with Gasteiger partial charge >= 0.3 is 0 Å². The number of hydrogen-bond donors (Lipinski definition) is 0. The molecule has 4 heterocycles. The van der Waals surface area contributed by atoms with E-state index in [0.717, 1.165) is 37.5 Å². The summed E-state index contributed by atoms with van der Waals surface area (Å²) in [5.74, 6) is 1.40. The van der Waals surface area contributed by atoms with Crippen molar-refractivity contribution < 1.29 is 4.79 Å². The van der Waals surface area contributed by atoms with Crippen LogP contribution < -0.4 is 10.5 Å². The number of carbonyl (C=O) groups is 1. The summed E-state index contributed by atoms with van der Waals surface area (Å²) in [5.41, 5.74) is 4.57. The Morgan fingerprint density at radius 2 is 1.88 bits per heavy atom. The van der Waals surface area contributed by atoms with E-state index in [0.29, 0.717) is 29.9 Å². The molecule has 8 nitrogen and oxygen atoms in total. The molecule has 1 aliphatic rings. The SMILES string of the molecule is CCn1c(=O)c2sccc2n2c(CCC(=O)N3CCN(c4cc(C)ccc4C)CC3)nnc12. The number of piperazine rings is 1. The Bertz CT molecular complexity index is 1390. The van der Waals surface area contributed by atoms with Gasteiger partial charge in [-0.05, 0) is 49.4 Å². The van der Waals surface area contributed by atoms with Gasteiger partial charge in [-0.1, -0.05) is 12.1 Å². The minimum atomic E-state index is -0.0354. The standard InChI is InChI=1S/C24H28N6O2S/c1-4-29-23(32)22-18(9-14-33-22)30-20(25-26-24(29)30)7-8-21(31)28-12-10-27(11-13-28)19-15-16(2)5-6-17(19)3/h5-6,9,14-15H,4,7-8,10-13H2,1-3H3. The number of benzene rings is 1. The first-order valence-electron chi connectivity index (χ1n) is 11.4. The van der Waals surface area contributed by atoms with Crippen LogP contribution in [0.5, 0.6) is 0 Å². The third kappa shape index (κ3) is 3.80. The Kier molecular flexibility index (Phi) is 5.65. The van der Waals surface area contributed by atoms with Crippen molar-refractivity contribution in [3.8, 4) is 0 Å². The first-order chi connectivity index (χ1) is 16.0. The number of aromatic nitrogens is 4. The van der Waals surface area contributed by atoms with Crippen LogP contribution in [-0.4, -0.2) is 56.2 Å². The predicted molar refractivity (Wildman–Crippen MR) is 131 cm³/mol. The second kappa shape index (κ2) is 8.62. The quantitative estimate of drug-likeness (QED) is 0.454. The fourth-order valence-corrected chi connectivity index (χ4v) is 5.49. The van der Waals surface area contributed by atoms with Crippen LogP contribution in [0.4, 0.5) is 5.69 Å². The first-order valence-corrected chi connectivity index (χ1v) is 12.3. The average molecular weight is 465 g/mol. The van der Waals surface area contributed by atoms with Crippen LogP contribution in [-0.2, 0) is 17.8 Å². The Labute approximate surface area is 196 Å². The molecule has 1 aliphatic heterocycles. The van der Waals surface area contributed by atoms with E-state index in [1.165, 1.54) is 28.2 Å². The Morgan fingerprint density at radius 1 is 1.09 bits per heavy atom. The van der Waals surface area contributed by atoms with Gasteiger partial charge in [0.1, 0.15) is 10.5 Å². The van der Waals surface area contributed by atoms with Crippen molar-refractivity contribution in [3.63, 3.8) is 0 Å². The molecule has 0 N–H and O–H groups in total. The van der Waals surface area contributed by atoms with E-state index < -0.39 is 0 Å². The third-order valence-corrected chi connectivity index (χ3v) is 7.39. The van der Waals surface area contributed by atoms with Gasteiger partial charge in [-0.25, -0.2) is 0 Å². The summed E-state index contributed by atoms with van der Waals surface area (Å²) in [4.78, 5) is 30.0. The lowest BCUT2D eigenvalue weighted by Crippen LogP contribution is -2.49. The Balaban J connectivity index is 1.29. The van der Waals surface area contributed by atoms with Crippen LogP contribution >= 0.6 is 11.3 Å². The fraction of sp³-hybridized carbons (Fsp3) is 0.417. The molecule has 172 valence electrons. The smallest absolute Gasteiger partial charge is 0.272 e. The maximum atomic E-state index is 13.0. The van der Waals surface area contributed by atoms with Gasteiger partial charge in [0, 0.05) is 51.3 Å². The number of rotatable bonds is 5. The van der Waals surface area contributed by atoms with E-state index in [4.69, 9.17) is 0 Å². The molecule has 1 saturated heterocycles. The minimum Gasteiger partial charge on any atom is -0.368 e. The van der Waals surface area contributed by atoms with Crippen molar-refractivity contribution in [2.45, 2.75) is 40.2 Å². The molecule has 0 atom stereocenters. The van der Waals surface area contributed by atoms with E-state index in [9.17, 15) is 9.59 Å². The second-order valence-electron chi connectivity index (χ2n) is 8.59. The zero-order valence-electron chi connectivity index (χ0n) is 19.2. The highest BCUT2D eigenvalue weighted by atomic mass is 32.1. The molecule has 0 unspecified atom stereocenters. The van der Waals surface area contributed by atoms with E-state index in [1.807, 2.05) is 27.7 Å². The molecule has 1 amide bonds. The van der Waals surface area contributed by atoms with Crippen molar-refractivity contribution in [3.05, 3.63) is 57.0 Å². The maximum absolute atomic E-state index is 13.0. The zero-order chi connectivity index (χ0) is 23.1. The van der Waals surface area contributed by atoms with Crippen molar-refractivity contribution in [2.75, 3.05) is 31.1 Å². The Hall–Kier alpha value is -3.20. The van der Waals surface area contributed by atoms with Crippen LogP contribution in [0.2, 0.25) is 0 Å². The number of carbonyl (C=O) groups excluding carboxylic acids is 1. The number of fused-ring (bicyclic) bond motifs is 3. The molecule has 1 fully saturated rings. The van der Waals surface area contributed by atoms with Crippen LogP contribution in [0.25, 0.3) is 16.0 Å². The van der Waals surface area contributed by atoms with Crippen molar-refractivity contribution in [1.82, 2.24) is 24.1 Å². The third-order valence-electron chi connectivity index (χ3n) is 6.50. The molecule has 33 heavy (non-hydrogen) atoms. The van der Waals surface area contributed by atoms with Crippen LogP contribution in [0.15, 0.2) is 34.4 Å². The number of anilines is 1. The zero-order valence-corrected chi connectivity index (χ0v) is 20.1. The largest absolute Gasteiger partial charge is 0.368 e. The number of thiophene rings is 1. The van der Waals surface area contributed by atoms with E-state index >= 15 is 0 Å². The molecule has 5 rings (SSSR count). The highest BCUT2D eigenvalue weighted by Gasteiger charge is 2.23. The summed E-state index contributed by atoms with van der Waals surface area (Å²) >= 11 is 1.43. The highest BCUT2D eigenvalue weighted by molar-refractivity contribution is 7.17. The molecule has 0 saturated carbocycles. The first kappa shape index (κ1) is 21.6. The van der Waals surface area contributed by atoms with E-state index in [1.54, 1.807) is 4.57 Å². The van der Waals surface area contributed by atoms with Crippen LogP contribution in [0, 0.1) is 13.8 Å². The molecule has 0 bridgehead atoms. The molecular weight excluding hydrogens is 436 g/mol. The lowest BCUT2D eigenvalue weighted by molar-refractivity contribution is -0.131.